The molecular weight excluding hydrogens is 466 g/mol. The predicted molar refractivity (Wildman–Crippen MR) is 144 cm³/mol. The molecule has 1 aliphatic carbocycles. The van der Waals surface area contributed by atoms with Crippen molar-refractivity contribution >= 4 is 23.5 Å². The number of hydrogen-bond acceptors (Lipinski definition) is 5. The van der Waals surface area contributed by atoms with Crippen LogP contribution in [0.4, 0.5) is 5.69 Å². The number of amides is 1. The lowest BCUT2D eigenvalue weighted by Gasteiger charge is -2.31. The lowest BCUT2D eigenvalue weighted by molar-refractivity contribution is -0.165. The fourth-order valence-corrected chi connectivity index (χ4v) is 5.54. The minimum absolute atomic E-state index is 0.251. The minimum Gasteiger partial charge on any atom is -0.462 e. The zero-order valence-corrected chi connectivity index (χ0v) is 22.1. The van der Waals surface area contributed by atoms with Gasteiger partial charge in [0.15, 0.2) is 5.92 Å². The Hall–Kier alpha value is -3.15. The molecule has 37 heavy (non-hydrogen) atoms. The smallest absolute Gasteiger partial charge is 0.326 e. The van der Waals surface area contributed by atoms with E-state index in [1.54, 1.807) is 24.3 Å². The number of ether oxygens (including phenoxy) is 2. The van der Waals surface area contributed by atoms with Crippen molar-refractivity contribution in [3.05, 3.63) is 59.2 Å². The molecule has 4 rings (SSSR count). The highest BCUT2D eigenvalue weighted by atomic mass is 16.6. The lowest BCUT2D eigenvalue weighted by Crippen LogP contribution is -2.44. The van der Waals surface area contributed by atoms with Crippen LogP contribution in [0.25, 0.3) is 0 Å². The average molecular weight is 506 g/mol. The maximum atomic E-state index is 13.7. The highest BCUT2D eigenvalue weighted by Crippen LogP contribution is 2.40. The van der Waals surface area contributed by atoms with Crippen molar-refractivity contribution in [2.45, 2.75) is 96.5 Å². The maximum absolute atomic E-state index is 13.7. The Morgan fingerprint density at radius 1 is 0.784 bits per heavy atom. The van der Waals surface area contributed by atoms with E-state index in [0.717, 1.165) is 49.7 Å². The van der Waals surface area contributed by atoms with Crippen LogP contribution in [0.3, 0.4) is 0 Å². The molecule has 1 amide bonds. The summed E-state index contributed by atoms with van der Waals surface area (Å²) in [7, 11) is 0. The molecule has 198 valence electrons. The molecule has 2 aromatic rings. The maximum Gasteiger partial charge on any atom is 0.326 e. The van der Waals surface area contributed by atoms with Gasteiger partial charge < -0.3 is 14.8 Å². The van der Waals surface area contributed by atoms with Gasteiger partial charge in [-0.1, -0.05) is 81.3 Å². The summed E-state index contributed by atoms with van der Waals surface area (Å²) in [4.78, 5) is 40.4. The lowest BCUT2D eigenvalue weighted by atomic mass is 9.82. The molecule has 2 unspecified atom stereocenters. The monoisotopic (exact) mass is 505 g/mol. The van der Waals surface area contributed by atoms with Crippen LogP contribution in [0, 0.1) is 19.8 Å². The van der Waals surface area contributed by atoms with Gasteiger partial charge in [0.2, 0.25) is 5.91 Å². The van der Waals surface area contributed by atoms with E-state index < -0.39 is 29.7 Å². The predicted octanol–water partition coefficient (Wildman–Crippen LogP) is 6.78. The Balaban J connectivity index is 1.57. The molecule has 2 aromatic carbocycles. The first-order chi connectivity index (χ1) is 18.0. The fourth-order valence-electron chi connectivity index (χ4n) is 5.54. The molecule has 1 aliphatic heterocycles. The molecule has 0 saturated heterocycles. The number of rotatable bonds is 4. The number of para-hydroxylation sites is 2. The molecule has 0 aromatic heterocycles. The van der Waals surface area contributed by atoms with Crippen LogP contribution < -0.4 is 10.1 Å². The van der Waals surface area contributed by atoms with Crippen LogP contribution in [-0.2, 0) is 19.1 Å². The second-order valence-electron chi connectivity index (χ2n) is 10.5. The molecule has 1 saturated carbocycles. The summed E-state index contributed by atoms with van der Waals surface area (Å²) in [6.07, 6.45) is 11.8. The second kappa shape index (κ2) is 12.9. The minimum atomic E-state index is -1.35. The number of carbonyl (C=O) groups excluding carboxylic acids is 3. The van der Waals surface area contributed by atoms with E-state index in [2.05, 4.69) is 5.32 Å². The highest BCUT2D eigenvalue weighted by Gasteiger charge is 2.48. The fraction of sp³-hybridized carbons (Fsp3) is 0.516. The van der Waals surface area contributed by atoms with Crippen LogP contribution in [-0.4, -0.2) is 23.9 Å². The zero-order valence-electron chi connectivity index (χ0n) is 22.1. The molecule has 0 radical (unpaired) electrons. The van der Waals surface area contributed by atoms with Gasteiger partial charge in [0, 0.05) is 11.3 Å². The number of esters is 2. The third-order valence-electron chi connectivity index (χ3n) is 7.65. The molecular formula is C31H39NO5. The Bertz CT molecular complexity index is 1080. The van der Waals surface area contributed by atoms with Gasteiger partial charge in [-0.3, -0.25) is 14.4 Å². The number of aryl methyl sites for hydroxylation is 2. The van der Waals surface area contributed by atoms with Gasteiger partial charge in [-0.2, -0.15) is 0 Å². The van der Waals surface area contributed by atoms with Crippen molar-refractivity contribution in [3.63, 3.8) is 0 Å². The summed E-state index contributed by atoms with van der Waals surface area (Å²) in [6.45, 7) is 3.84. The van der Waals surface area contributed by atoms with E-state index >= 15 is 0 Å². The first-order valence-corrected chi connectivity index (χ1v) is 13.8. The van der Waals surface area contributed by atoms with Crippen molar-refractivity contribution in [2.75, 3.05) is 5.32 Å². The Morgan fingerprint density at radius 2 is 1.35 bits per heavy atom. The summed E-state index contributed by atoms with van der Waals surface area (Å²) >= 11 is 0. The molecule has 1 fully saturated rings. The second-order valence-corrected chi connectivity index (χ2v) is 10.5. The van der Waals surface area contributed by atoms with E-state index in [0.29, 0.717) is 17.0 Å². The topological polar surface area (TPSA) is 81.7 Å². The van der Waals surface area contributed by atoms with E-state index in [9.17, 15) is 14.4 Å². The summed E-state index contributed by atoms with van der Waals surface area (Å²) in [6, 6.07) is 12.7. The van der Waals surface area contributed by atoms with Crippen molar-refractivity contribution < 1.29 is 23.9 Å². The number of nitrogens with one attached hydrogen (secondary N) is 1. The largest absolute Gasteiger partial charge is 0.462 e. The average Bonchev–Trinajstić information content (AvgIpc) is 2.87. The third kappa shape index (κ3) is 6.79. The van der Waals surface area contributed by atoms with Gasteiger partial charge >= 0.3 is 11.9 Å². The number of anilines is 1. The summed E-state index contributed by atoms with van der Waals surface area (Å²) in [5.41, 5.74) is 3.03. The first-order valence-electron chi connectivity index (χ1n) is 13.8. The number of benzene rings is 2. The molecule has 0 spiro atoms. The molecule has 0 bridgehead atoms. The number of carbonyl (C=O) groups is 3. The molecule has 1 N–H and O–H groups in total. The van der Waals surface area contributed by atoms with Crippen molar-refractivity contribution in [1.82, 2.24) is 0 Å². The van der Waals surface area contributed by atoms with Gasteiger partial charge in [-0.05, 0) is 56.7 Å². The SMILES string of the molecule is Cc1cccc(C)c1NC(=O)C1c2ccccc2OC(=O)C1C(=O)OC1CCCCCCCCCCC1. The summed E-state index contributed by atoms with van der Waals surface area (Å²) in [5, 5.41) is 2.99. The molecule has 6 nitrogen and oxygen atoms in total. The van der Waals surface area contributed by atoms with Crippen LogP contribution >= 0.6 is 0 Å². The molecule has 2 aliphatic rings. The standard InChI is InChI=1S/C31H39NO5/c1-21-15-14-16-22(2)28(21)32-29(33)26-24-19-12-13-20-25(24)37-31(35)27(26)30(34)36-23-17-10-8-6-4-3-5-7-9-11-18-23/h12-16,19-20,23,26-27H,3-11,17-18H2,1-2H3,(H,32,33). The van der Waals surface area contributed by atoms with Crippen LogP contribution in [0.15, 0.2) is 42.5 Å². The Kier molecular flexibility index (Phi) is 9.37. The van der Waals surface area contributed by atoms with Crippen molar-refractivity contribution in [1.29, 1.82) is 0 Å². The zero-order chi connectivity index (χ0) is 26.2. The molecule has 2 atom stereocenters. The van der Waals surface area contributed by atoms with E-state index in [4.69, 9.17) is 9.47 Å². The van der Waals surface area contributed by atoms with E-state index in [1.807, 2.05) is 32.0 Å². The Labute approximate surface area is 220 Å². The molecule has 6 heteroatoms. The number of fused-ring (bicyclic) bond motifs is 1. The van der Waals surface area contributed by atoms with Gasteiger partial charge in [-0.25, -0.2) is 0 Å². The number of hydrogen-bond donors (Lipinski definition) is 1. The summed E-state index contributed by atoms with van der Waals surface area (Å²) in [5.74, 6) is -3.89. The summed E-state index contributed by atoms with van der Waals surface area (Å²) < 4.78 is 11.5. The highest BCUT2D eigenvalue weighted by molar-refractivity contribution is 6.08. The van der Waals surface area contributed by atoms with Gasteiger partial charge in [0.1, 0.15) is 11.9 Å². The molecule has 1 heterocycles. The van der Waals surface area contributed by atoms with Crippen molar-refractivity contribution in [3.8, 4) is 5.75 Å². The van der Waals surface area contributed by atoms with Gasteiger partial charge in [0.25, 0.3) is 0 Å². The van der Waals surface area contributed by atoms with Gasteiger partial charge in [0.05, 0.1) is 5.92 Å². The Morgan fingerprint density at radius 3 is 1.97 bits per heavy atom. The van der Waals surface area contributed by atoms with Crippen LogP contribution in [0.2, 0.25) is 0 Å². The van der Waals surface area contributed by atoms with E-state index in [-0.39, 0.29) is 6.10 Å². The van der Waals surface area contributed by atoms with Crippen LogP contribution in [0.1, 0.15) is 93.2 Å². The quantitative estimate of drug-likeness (QED) is 0.281. The normalized spacial score (nSPS) is 21.5. The van der Waals surface area contributed by atoms with Crippen molar-refractivity contribution in [2.24, 2.45) is 5.92 Å². The third-order valence-corrected chi connectivity index (χ3v) is 7.65. The van der Waals surface area contributed by atoms with E-state index in [1.165, 1.54) is 32.1 Å². The van der Waals surface area contributed by atoms with Gasteiger partial charge in [-0.15, -0.1) is 0 Å². The van der Waals surface area contributed by atoms with Crippen LogP contribution in [0.5, 0.6) is 5.75 Å². The first kappa shape index (κ1) is 26.9.